The minimum absolute atomic E-state index is 0.152. The van der Waals surface area contributed by atoms with Crippen LogP contribution in [-0.2, 0) is 6.54 Å². The minimum atomic E-state index is -0.229. The molecule has 4 aromatic heterocycles. The molecule has 1 aromatic carbocycles. The van der Waals surface area contributed by atoms with Crippen molar-refractivity contribution >= 4 is 28.2 Å². The normalized spacial score (nSPS) is 17.3. The van der Waals surface area contributed by atoms with E-state index in [-0.39, 0.29) is 11.9 Å². The van der Waals surface area contributed by atoms with Gasteiger partial charge in [0.25, 0.3) is 0 Å². The van der Waals surface area contributed by atoms with Crippen LogP contribution in [0.5, 0.6) is 5.75 Å². The van der Waals surface area contributed by atoms with Crippen LogP contribution in [0.15, 0.2) is 53.3 Å². The highest BCUT2D eigenvalue weighted by Crippen LogP contribution is 2.28. The maximum Gasteiger partial charge on any atom is 0.223 e. The van der Waals surface area contributed by atoms with E-state index in [0.29, 0.717) is 35.4 Å². The van der Waals surface area contributed by atoms with E-state index >= 15 is 4.39 Å². The standard InChI is InChI=1S/C28H32FN9O2/c29-22-16-20(40-19-5-7-31-8-6-19)3-4-24(22)36-12-9-35(10-13-36)11-14-37-27-21(18-32-37)25-17-23(26-2-1-15-39-26)34-38(25)28(30)33-27/h1-4,15-19,31H,5-14H2,(H2,30,33). The summed E-state index contributed by atoms with van der Waals surface area (Å²) in [6.07, 6.45) is 5.48. The third-order valence-electron chi connectivity index (χ3n) is 7.86. The summed E-state index contributed by atoms with van der Waals surface area (Å²) < 4.78 is 30.0. The molecule has 0 radical (unpaired) electrons. The van der Waals surface area contributed by atoms with Gasteiger partial charge in [-0.05, 0) is 56.3 Å². The number of anilines is 2. The zero-order chi connectivity index (χ0) is 27.1. The van der Waals surface area contributed by atoms with Crippen LogP contribution in [0.25, 0.3) is 28.0 Å². The molecule has 0 spiro atoms. The number of ether oxygens (including phenoxy) is 1. The van der Waals surface area contributed by atoms with Crippen LogP contribution in [0.4, 0.5) is 16.0 Å². The monoisotopic (exact) mass is 545 g/mol. The Morgan fingerprint density at radius 1 is 1.07 bits per heavy atom. The van der Waals surface area contributed by atoms with Gasteiger partial charge in [-0.3, -0.25) is 4.90 Å². The van der Waals surface area contributed by atoms with Gasteiger partial charge in [-0.1, -0.05) is 0 Å². The maximum absolute atomic E-state index is 15.0. The summed E-state index contributed by atoms with van der Waals surface area (Å²) in [5, 5.41) is 13.4. The van der Waals surface area contributed by atoms with E-state index < -0.39 is 0 Å². The lowest BCUT2D eigenvalue weighted by atomic mass is 10.1. The summed E-state index contributed by atoms with van der Waals surface area (Å²) in [4.78, 5) is 9.07. The van der Waals surface area contributed by atoms with Gasteiger partial charge in [0.1, 0.15) is 23.4 Å². The van der Waals surface area contributed by atoms with Gasteiger partial charge in [-0.15, -0.1) is 0 Å². The Bertz CT molecular complexity index is 1620. The van der Waals surface area contributed by atoms with E-state index in [2.05, 4.69) is 30.3 Å². The molecule has 40 heavy (non-hydrogen) atoms. The number of halogens is 1. The number of hydrogen-bond acceptors (Lipinski definition) is 9. The molecule has 0 aliphatic carbocycles. The second-order valence-corrected chi connectivity index (χ2v) is 10.4. The van der Waals surface area contributed by atoms with Gasteiger partial charge >= 0.3 is 0 Å². The van der Waals surface area contributed by atoms with E-state index in [0.717, 1.165) is 75.2 Å². The Labute approximate surface area is 230 Å². The molecule has 2 fully saturated rings. The third-order valence-corrected chi connectivity index (χ3v) is 7.86. The molecule has 0 unspecified atom stereocenters. The number of aromatic nitrogens is 5. The van der Waals surface area contributed by atoms with Crippen LogP contribution in [-0.4, -0.2) is 81.2 Å². The molecular formula is C28H32FN9O2. The molecule has 0 atom stereocenters. The first-order valence-electron chi connectivity index (χ1n) is 13.8. The molecule has 0 saturated carbocycles. The number of piperazine rings is 1. The number of furan rings is 1. The minimum Gasteiger partial charge on any atom is -0.490 e. The number of nitrogens with zero attached hydrogens (tertiary/aromatic N) is 7. The number of nitrogen functional groups attached to an aromatic ring is 1. The molecule has 12 heteroatoms. The van der Waals surface area contributed by atoms with Gasteiger partial charge < -0.3 is 25.1 Å². The Morgan fingerprint density at radius 2 is 1.93 bits per heavy atom. The Kier molecular flexibility index (Phi) is 6.48. The smallest absolute Gasteiger partial charge is 0.223 e. The largest absolute Gasteiger partial charge is 0.490 e. The molecule has 208 valence electrons. The Hall–Kier alpha value is -4.16. The number of benzene rings is 1. The van der Waals surface area contributed by atoms with Crippen molar-refractivity contribution in [3.05, 3.63) is 54.7 Å². The molecule has 2 aliphatic rings. The molecule has 0 bridgehead atoms. The van der Waals surface area contributed by atoms with Crippen LogP contribution in [0.1, 0.15) is 12.8 Å². The van der Waals surface area contributed by atoms with Crippen molar-refractivity contribution in [3.63, 3.8) is 0 Å². The molecule has 11 nitrogen and oxygen atoms in total. The van der Waals surface area contributed by atoms with Gasteiger partial charge in [-0.25, -0.2) is 9.07 Å². The average Bonchev–Trinajstić information content (AvgIpc) is 3.73. The van der Waals surface area contributed by atoms with Crippen molar-refractivity contribution in [2.45, 2.75) is 25.5 Å². The summed E-state index contributed by atoms with van der Waals surface area (Å²) >= 11 is 0. The van der Waals surface area contributed by atoms with E-state index in [1.165, 1.54) is 6.07 Å². The lowest BCUT2D eigenvalue weighted by Gasteiger charge is -2.36. The number of nitrogens with one attached hydrogen (secondary N) is 1. The molecular weight excluding hydrogens is 513 g/mol. The first kappa shape index (κ1) is 24.9. The molecule has 0 amide bonds. The lowest BCUT2D eigenvalue weighted by molar-refractivity contribution is 0.162. The number of hydrogen-bond donors (Lipinski definition) is 2. The van der Waals surface area contributed by atoms with Gasteiger partial charge in [-0.2, -0.15) is 19.7 Å². The molecule has 3 N–H and O–H groups in total. The number of nitrogens with two attached hydrogens (primary N) is 1. The maximum atomic E-state index is 15.0. The summed E-state index contributed by atoms with van der Waals surface area (Å²) in [6, 6.07) is 10.9. The van der Waals surface area contributed by atoms with Crippen molar-refractivity contribution < 1.29 is 13.5 Å². The SMILES string of the molecule is Nc1nc2c(cnn2CCN2CCN(c3ccc(OC4CCNCC4)cc3F)CC2)c2cc(-c3ccco3)nn12. The third kappa shape index (κ3) is 4.73. The Balaban J connectivity index is 0.984. The predicted octanol–water partition coefficient (Wildman–Crippen LogP) is 3.01. The summed E-state index contributed by atoms with van der Waals surface area (Å²) in [6.45, 7) is 6.53. The fourth-order valence-corrected chi connectivity index (χ4v) is 5.66. The first-order chi connectivity index (χ1) is 19.6. The van der Waals surface area contributed by atoms with Gasteiger partial charge in [0, 0.05) is 38.8 Å². The fraction of sp³-hybridized carbons (Fsp3) is 0.393. The van der Waals surface area contributed by atoms with E-state index in [1.807, 2.05) is 41.2 Å². The van der Waals surface area contributed by atoms with Crippen molar-refractivity contribution in [1.82, 2.24) is 34.6 Å². The zero-order valence-electron chi connectivity index (χ0n) is 22.2. The Morgan fingerprint density at radius 3 is 2.70 bits per heavy atom. The summed E-state index contributed by atoms with van der Waals surface area (Å²) in [5.74, 6) is 1.35. The van der Waals surface area contributed by atoms with Crippen molar-refractivity contribution in [2.75, 3.05) is 56.4 Å². The van der Waals surface area contributed by atoms with Crippen LogP contribution < -0.4 is 20.7 Å². The highest BCUT2D eigenvalue weighted by atomic mass is 19.1. The lowest BCUT2D eigenvalue weighted by Crippen LogP contribution is -2.47. The fourth-order valence-electron chi connectivity index (χ4n) is 5.66. The highest BCUT2D eigenvalue weighted by Gasteiger charge is 2.22. The van der Waals surface area contributed by atoms with Crippen molar-refractivity contribution in [1.29, 1.82) is 0 Å². The predicted molar refractivity (Wildman–Crippen MR) is 150 cm³/mol. The highest BCUT2D eigenvalue weighted by molar-refractivity contribution is 5.93. The zero-order valence-corrected chi connectivity index (χ0v) is 22.2. The number of piperidine rings is 1. The van der Waals surface area contributed by atoms with E-state index in [1.54, 1.807) is 10.8 Å². The van der Waals surface area contributed by atoms with Crippen molar-refractivity contribution in [2.24, 2.45) is 0 Å². The number of fused-ring (bicyclic) bond motifs is 3. The van der Waals surface area contributed by atoms with Crippen LogP contribution >= 0.6 is 0 Å². The topological polar surface area (TPSA) is 115 Å². The second-order valence-electron chi connectivity index (χ2n) is 10.4. The quantitative estimate of drug-likeness (QED) is 0.318. The van der Waals surface area contributed by atoms with E-state index in [4.69, 9.17) is 14.9 Å². The van der Waals surface area contributed by atoms with E-state index in [9.17, 15) is 0 Å². The molecule has 2 saturated heterocycles. The summed E-state index contributed by atoms with van der Waals surface area (Å²) in [7, 11) is 0. The van der Waals surface area contributed by atoms with Crippen molar-refractivity contribution in [3.8, 4) is 17.2 Å². The summed E-state index contributed by atoms with van der Waals surface area (Å²) in [5.41, 5.74) is 9.14. The van der Waals surface area contributed by atoms with Gasteiger partial charge in [0.15, 0.2) is 11.4 Å². The average molecular weight is 546 g/mol. The van der Waals surface area contributed by atoms with Gasteiger partial charge in [0.05, 0.1) is 35.6 Å². The molecule has 6 heterocycles. The first-order valence-corrected chi connectivity index (χ1v) is 13.8. The second kappa shape index (κ2) is 10.4. The number of rotatable bonds is 7. The van der Waals surface area contributed by atoms with Crippen LogP contribution in [0, 0.1) is 5.82 Å². The molecule has 2 aliphatic heterocycles. The van der Waals surface area contributed by atoms with Crippen LogP contribution in [0.2, 0.25) is 0 Å². The molecule has 7 rings (SSSR count). The molecule has 5 aromatic rings. The van der Waals surface area contributed by atoms with Gasteiger partial charge in [0.2, 0.25) is 5.95 Å². The van der Waals surface area contributed by atoms with Crippen LogP contribution in [0.3, 0.4) is 0 Å².